The summed E-state index contributed by atoms with van der Waals surface area (Å²) in [5, 5.41) is 5.53. The number of rotatable bonds is 5. The van der Waals surface area contributed by atoms with E-state index >= 15 is 0 Å². The van der Waals surface area contributed by atoms with Crippen molar-refractivity contribution in [1.29, 1.82) is 0 Å². The molecule has 0 aromatic heterocycles. The molecule has 1 aromatic rings. The van der Waals surface area contributed by atoms with Gasteiger partial charge >= 0.3 is 0 Å². The highest BCUT2D eigenvalue weighted by molar-refractivity contribution is 5.96. The predicted octanol–water partition coefficient (Wildman–Crippen LogP) is 0.625. The summed E-state index contributed by atoms with van der Waals surface area (Å²) in [6.45, 7) is 6.06. The van der Waals surface area contributed by atoms with Crippen LogP contribution in [-0.4, -0.2) is 48.4 Å². The van der Waals surface area contributed by atoms with Crippen LogP contribution in [0.1, 0.15) is 24.2 Å². The highest BCUT2D eigenvalue weighted by atomic mass is 16.2. The van der Waals surface area contributed by atoms with Crippen molar-refractivity contribution in [2.24, 2.45) is 0 Å². The van der Waals surface area contributed by atoms with Crippen LogP contribution < -0.4 is 10.6 Å². The molecule has 5 heteroatoms. The zero-order chi connectivity index (χ0) is 14.5. The topological polar surface area (TPSA) is 61.4 Å². The molecule has 1 saturated heterocycles. The molecule has 0 aliphatic carbocycles. The summed E-state index contributed by atoms with van der Waals surface area (Å²) >= 11 is 0. The molecule has 0 atom stereocenters. The first kappa shape index (κ1) is 14.5. The molecule has 1 fully saturated rings. The summed E-state index contributed by atoms with van der Waals surface area (Å²) in [7, 11) is 0. The average molecular weight is 275 g/mol. The third kappa shape index (κ3) is 3.81. The average Bonchev–Trinajstić information content (AvgIpc) is 2.40. The molecule has 1 aliphatic rings. The number of carbonyl (C=O) groups excluding carboxylic acids is 2. The van der Waals surface area contributed by atoms with Crippen molar-refractivity contribution in [3.63, 3.8) is 0 Å². The number of hydrogen-bond acceptors (Lipinski definition) is 3. The molecule has 108 valence electrons. The van der Waals surface area contributed by atoms with Gasteiger partial charge in [-0.3, -0.25) is 14.5 Å². The van der Waals surface area contributed by atoms with Gasteiger partial charge < -0.3 is 10.6 Å². The number of benzene rings is 1. The monoisotopic (exact) mass is 275 g/mol. The van der Waals surface area contributed by atoms with Crippen LogP contribution in [0.25, 0.3) is 0 Å². The Balaban J connectivity index is 1.67. The SMILES string of the molecule is CC(C)N1CC(NC(=O)CNC(=O)c2ccccc2)C1. The molecule has 5 nitrogen and oxygen atoms in total. The standard InChI is InChI=1S/C15H21N3O2/c1-11(2)18-9-13(10-18)17-14(19)8-16-15(20)12-6-4-3-5-7-12/h3-7,11,13H,8-10H2,1-2H3,(H,16,20)(H,17,19). The maximum Gasteiger partial charge on any atom is 0.251 e. The number of likely N-dealkylation sites (tertiary alicyclic amines) is 1. The molecule has 2 amide bonds. The molecule has 2 rings (SSSR count). The fourth-order valence-electron chi connectivity index (χ4n) is 2.16. The maximum atomic E-state index is 11.8. The minimum Gasteiger partial charge on any atom is -0.349 e. The van der Waals surface area contributed by atoms with Crippen molar-refractivity contribution in [2.75, 3.05) is 19.6 Å². The van der Waals surface area contributed by atoms with Crippen LogP contribution in [0, 0.1) is 0 Å². The van der Waals surface area contributed by atoms with E-state index in [0.29, 0.717) is 11.6 Å². The number of hydrogen-bond donors (Lipinski definition) is 2. The van der Waals surface area contributed by atoms with Crippen LogP contribution in [-0.2, 0) is 4.79 Å². The summed E-state index contributed by atoms with van der Waals surface area (Å²) in [6, 6.07) is 9.60. The molecular weight excluding hydrogens is 254 g/mol. The Kier molecular flexibility index (Phi) is 4.74. The molecule has 0 unspecified atom stereocenters. The van der Waals surface area contributed by atoms with Gasteiger partial charge in [0.25, 0.3) is 5.91 Å². The van der Waals surface area contributed by atoms with Gasteiger partial charge in [0.05, 0.1) is 12.6 Å². The first-order chi connectivity index (χ1) is 9.56. The van der Waals surface area contributed by atoms with Gasteiger partial charge in [-0.1, -0.05) is 18.2 Å². The van der Waals surface area contributed by atoms with Gasteiger partial charge in [0, 0.05) is 24.7 Å². The molecule has 1 aromatic carbocycles. The van der Waals surface area contributed by atoms with E-state index in [9.17, 15) is 9.59 Å². The largest absolute Gasteiger partial charge is 0.349 e. The maximum absolute atomic E-state index is 11.8. The molecule has 1 heterocycles. The normalized spacial score (nSPS) is 15.8. The van der Waals surface area contributed by atoms with Gasteiger partial charge in [0.2, 0.25) is 5.91 Å². The summed E-state index contributed by atoms with van der Waals surface area (Å²) < 4.78 is 0. The lowest BCUT2D eigenvalue weighted by atomic mass is 10.1. The second kappa shape index (κ2) is 6.52. The summed E-state index contributed by atoms with van der Waals surface area (Å²) in [4.78, 5) is 25.8. The smallest absolute Gasteiger partial charge is 0.251 e. The van der Waals surface area contributed by atoms with Gasteiger partial charge in [0.15, 0.2) is 0 Å². The molecule has 0 radical (unpaired) electrons. The van der Waals surface area contributed by atoms with E-state index in [2.05, 4.69) is 29.4 Å². The van der Waals surface area contributed by atoms with Crippen LogP contribution in [0.3, 0.4) is 0 Å². The molecule has 0 saturated carbocycles. The highest BCUT2D eigenvalue weighted by Crippen LogP contribution is 2.11. The molecule has 2 N–H and O–H groups in total. The molecule has 0 bridgehead atoms. The van der Waals surface area contributed by atoms with Crippen molar-refractivity contribution >= 4 is 11.8 Å². The van der Waals surface area contributed by atoms with E-state index in [1.54, 1.807) is 24.3 Å². The van der Waals surface area contributed by atoms with Gasteiger partial charge in [-0.15, -0.1) is 0 Å². The predicted molar refractivity (Wildman–Crippen MR) is 77.4 cm³/mol. The second-order valence-electron chi connectivity index (χ2n) is 5.36. The van der Waals surface area contributed by atoms with E-state index in [1.165, 1.54) is 0 Å². The van der Waals surface area contributed by atoms with E-state index in [0.717, 1.165) is 13.1 Å². The molecule has 1 aliphatic heterocycles. The quantitative estimate of drug-likeness (QED) is 0.828. The Morgan fingerprint density at radius 3 is 2.50 bits per heavy atom. The summed E-state index contributed by atoms with van der Waals surface area (Å²) in [5.74, 6) is -0.360. The van der Waals surface area contributed by atoms with Crippen molar-refractivity contribution in [3.05, 3.63) is 35.9 Å². The van der Waals surface area contributed by atoms with Crippen LogP contribution in [0.4, 0.5) is 0 Å². The Morgan fingerprint density at radius 1 is 1.25 bits per heavy atom. The lowest BCUT2D eigenvalue weighted by Crippen LogP contribution is -2.61. The van der Waals surface area contributed by atoms with Crippen molar-refractivity contribution < 1.29 is 9.59 Å². The number of nitrogens with one attached hydrogen (secondary N) is 2. The van der Waals surface area contributed by atoms with Gasteiger partial charge in [-0.05, 0) is 26.0 Å². The Bertz CT molecular complexity index is 467. The van der Waals surface area contributed by atoms with Gasteiger partial charge in [-0.25, -0.2) is 0 Å². The Morgan fingerprint density at radius 2 is 1.90 bits per heavy atom. The summed E-state index contributed by atoms with van der Waals surface area (Å²) in [5.41, 5.74) is 0.565. The van der Waals surface area contributed by atoms with Crippen LogP contribution in [0.15, 0.2) is 30.3 Å². The molecule has 20 heavy (non-hydrogen) atoms. The van der Waals surface area contributed by atoms with Gasteiger partial charge in [-0.2, -0.15) is 0 Å². The minimum absolute atomic E-state index is 0.0197. The van der Waals surface area contributed by atoms with E-state index in [1.807, 2.05) is 6.07 Å². The number of nitrogens with zero attached hydrogens (tertiary/aromatic N) is 1. The first-order valence-electron chi connectivity index (χ1n) is 6.93. The minimum atomic E-state index is -0.224. The van der Waals surface area contributed by atoms with Crippen molar-refractivity contribution in [3.8, 4) is 0 Å². The van der Waals surface area contributed by atoms with Crippen LogP contribution in [0.2, 0.25) is 0 Å². The zero-order valence-electron chi connectivity index (χ0n) is 11.9. The lowest BCUT2D eigenvalue weighted by molar-refractivity contribution is -0.122. The third-order valence-electron chi connectivity index (χ3n) is 3.45. The second-order valence-corrected chi connectivity index (χ2v) is 5.36. The first-order valence-corrected chi connectivity index (χ1v) is 6.93. The highest BCUT2D eigenvalue weighted by Gasteiger charge is 2.29. The van der Waals surface area contributed by atoms with E-state index in [4.69, 9.17) is 0 Å². The summed E-state index contributed by atoms with van der Waals surface area (Å²) in [6.07, 6.45) is 0. The fraction of sp³-hybridized carbons (Fsp3) is 0.467. The number of carbonyl (C=O) groups is 2. The van der Waals surface area contributed by atoms with Crippen molar-refractivity contribution in [2.45, 2.75) is 25.9 Å². The van der Waals surface area contributed by atoms with E-state index < -0.39 is 0 Å². The third-order valence-corrected chi connectivity index (χ3v) is 3.45. The van der Waals surface area contributed by atoms with Gasteiger partial charge in [0.1, 0.15) is 0 Å². The zero-order valence-corrected chi connectivity index (χ0v) is 11.9. The Labute approximate surface area is 119 Å². The van der Waals surface area contributed by atoms with E-state index in [-0.39, 0.29) is 24.4 Å². The van der Waals surface area contributed by atoms with Crippen molar-refractivity contribution in [1.82, 2.24) is 15.5 Å². The van der Waals surface area contributed by atoms with Crippen LogP contribution >= 0.6 is 0 Å². The molecular formula is C15H21N3O2. The van der Waals surface area contributed by atoms with Crippen LogP contribution in [0.5, 0.6) is 0 Å². The number of amides is 2. The fourth-order valence-corrected chi connectivity index (χ4v) is 2.16. The lowest BCUT2D eigenvalue weighted by Gasteiger charge is -2.42. The Hall–Kier alpha value is -1.88. The molecule has 0 spiro atoms.